The lowest BCUT2D eigenvalue weighted by atomic mass is 9.94. The molecule has 3 fully saturated rings. The highest BCUT2D eigenvalue weighted by atomic mass is 16.7. The van der Waals surface area contributed by atoms with Crippen molar-refractivity contribution in [1.82, 2.24) is 10.6 Å². The maximum absolute atomic E-state index is 12.0. The smallest absolute Gasteiger partial charge is 0.217 e. The van der Waals surface area contributed by atoms with Crippen molar-refractivity contribution in [2.24, 2.45) is 0 Å². The summed E-state index contributed by atoms with van der Waals surface area (Å²) >= 11 is 0. The lowest BCUT2D eigenvalue weighted by Gasteiger charge is -2.49. The number of aliphatic hydroxyl groups excluding tert-OH is 9. The van der Waals surface area contributed by atoms with Crippen molar-refractivity contribution in [2.45, 2.75) is 106 Å². The standard InChI is InChI=1S/C22H38N2O16/c1-6(28)23-11-14(31)18(9(4-26)36-20(11)35)39-21-12(24-7(2)29)15(32)19(10(5-27)38-21)40-22-17(34)16(33)13(30)8(3-25)37-22/h8-22,25-27,30-35H,3-5H2,1-2H3,(H,23,28)(H,24,29)/t8-,9-,10-,11-,12-,13+,14-,15-,16+,17-,18-,19-,20+,21+,22+/m1/s1. The van der Waals surface area contributed by atoms with Crippen LogP contribution in [-0.2, 0) is 33.3 Å². The zero-order chi connectivity index (χ0) is 29.9. The molecule has 0 radical (unpaired) electrons. The largest absolute Gasteiger partial charge is 0.394 e. The molecule has 0 aromatic heterocycles. The van der Waals surface area contributed by atoms with Crippen LogP contribution in [-0.4, -0.2) is 170 Å². The van der Waals surface area contributed by atoms with E-state index in [1.807, 2.05) is 0 Å². The van der Waals surface area contributed by atoms with Crippen LogP contribution < -0.4 is 10.6 Å². The highest BCUT2D eigenvalue weighted by Crippen LogP contribution is 2.32. The van der Waals surface area contributed by atoms with Crippen LogP contribution in [0, 0.1) is 0 Å². The zero-order valence-corrected chi connectivity index (χ0v) is 21.7. The summed E-state index contributed by atoms with van der Waals surface area (Å²) in [5.41, 5.74) is 0. The van der Waals surface area contributed by atoms with E-state index in [1.165, 1.54) is 0 Å². The van der Waals surface area contributed by atoms with E-state index in [4.69, 9.17) is 23.7 Å². The summed E-state index contributed by atoms with van der Waals surface area (Å²) in [6.07, 6.45) is -21.1. The molecule has 3 aliphatic heterocycles. The van der Waals surface area contributed by atoms with E-state index >= 15 is 0 Å². The maximum atomic E-state index is 12.0. The normalized spacial score (nSPS) is 46.0. The van der Waals surface area contributed by atoms with Gasteiger partial charge in [0.1, 0.15) is 73.1 Å². The summed E-state index contributed by atoms with van der Waals surface area (Å²) < 4.78 is 27.7. The van der Waals surface area contributed by atoms with Gasteiger partial charge in [0.15, 0.2) is 18.9 Å². The predicted octanol–water partition coefficient (Wildman–Crippen LogP) is -7.29. The van der Waals surface area contributed by atoms with E-state index in [9.17, 15) is 55.5 Å². The summed E-state index contributed by atoms with van der Waals surface area (Å²) in [5, 5.41) is 96.5. The fourth-order valence-electron chi connectivity index (χ4n) is 4.87. The van der Waals surface area contributed by atoms with Gasteiger partial charge in [-0.2, -0.15) is 0 Å². The maximum Gasteiger partial charge on any atom is 0.217 e. The lowest BCUT2D eigenvalue weighted by Crippen LogP contribution is -2.70. The zero-order valence-electron chi connectivity index (χ0n) is 21.7. The Hall–Kier alpha value is -1.62. The SMILES string of the molecule is CC(=O)N[C@@H]1[C@@H](O)[C@H](O[C@@H]2O[C@H](CO)[C@@H](O[C@@H]3O[C@H](CO)[C@H](O)[C@H](O)[C@H]3O)[C@H](O)[C@H]2NC(C)=O)[C@@H](CO)O[C@@H]1O. The second kappa shape index (κ2) is 14.0. The van der Waals surface area contributed by atoms with Crippen LogP contribution >= 0.6 is 0 Å². The summed E-state index contributed by atoms with van der Waals surface area (Å²) in [7, 11) is 0. The molecule has 0 aromatic rings. The minimum absolute atomic E-state index is 0.623. The highest BCUT2D eigenvalue weighted by molar-refractivity contribution is 5.73. The molecule has 3 rings (SSSR count). The van der Waals surface area contributed by atoms with Crippen LogP contribution in [0.1, 0.15) is 13.8 Å². The van der Waals surface area contributed by atoms with E-state index in [0.29, 0.717) is 0 Å². The Kier molecular flexibility index (Phi) is 11.5. The van der Waals surface area contributed by atoms with Gasteiger partial charge in [0.05, 0.1) is 19.8 Å². The van der Waals surface area contributed by atoms with E-state index in [0.717, 1.165) is 13.8 Å². The molecule has 232 valence electrons. The number of hydrogen-bond acceptors (Lipinski definition) is 16. The third-order valence-electron chi connectivity index (χ3n) is 6.90. The minimum atomic E-state index is -1.85. The molecule has 3 aliphatic rings. The molecule has 0 unspecified atom stereocenters. The molecule has 0 saturated carbocycles. The van der Waals surface area contributed by atoms with Crippen molar-refractivity contribution in [2.75, 3.05) is 19.8 Å². The molecule has 0 bridgehead atoms. The van der Waals surface area contributed by atoms with Gasteiger partial charge in [-0.25, -0.2) is 0 Å². The van der Waals surface area contributed by atoms with Crippen LogP contribution in [0.4, 0.5) is 0 Å². The number of carbonyl (C=O) groups excluding carboxylic acids is 2. The highest BCUT2D eigenvalue weighted by Gasteiger charge is 2.54. The number of carbonyl (C=O) groups is 2. The molecule has 18 heteroatoms. The fraction of sp³-hybridized carbons (Fsp3) is 0.909. The van der Waals surface area contributed by atoms with E-state index in [-0.39, 0.29) is 0 Å². The Bertz CT molecular complexity index is 852. The molecule has 15 atom stereocenters. The summed E-state index contributed by atoms with van der Waals surface area (Å²) in [6.45, 7) is -0.117. The Morgan fingerprint density at radius 3 is 1.57 bits per heavy atom. The van der Waals surface area contributed by atoms with Gasteiger partial charge >= 0.3 is 0 Å². The second-order valence-corrected chi connectivity index (χ2v) is 9.81. The van der Waals surface area contributed by atoms with Gasteiger partial charge in [0.25, 0.3) is 0 Å². The van der Waals surface area contributed by atoms with Crippen LogP contribution in [0.2, 0.25) is 0 Å². The first-order chi connectivity index (χ1) is 18.8. The van der Waals surface area contributed by atoms with Gasteiger partial charge in [-0.15, -0.1) is 0 Å². The molecule has 18 nitrogen and oxygen atoms in total. The number of ether oxygens (including phenoxy) is 5. The predicted molar refractivity (Wildman–Crippen MR) is 124 cm³/mol. The van der Waals surface area contributed by atoms with E-state index in [1.54, 1.807) is 0 Å². The lowest BCUT2D eigenvalue weighted by molar-refractivity contribution is -0.360. The molecule has 11 N–H and O–H groups in total. The molecule has 0 spiro atoms. The van der Waals surface area contributed by atoms with Gasteiger partial charge in [0.2, 0.25) is 11.8 Å². The second-order valence-electron chi connectivity index (χ2n) is 9.81. The molecular formula is C22H38N2O16. The van der Waals surface area contributed by atoms with Crippen molar-refractivity contribution in [3.63, 3.8) is 0 Å². The Morgan fingerprint density at radius 2 is 1.05 bits per heavy atom. The Balaban J connectivity index is 1.85. The molecule has 2 amide bonds. The van der Waals surface area contributed by atoms with Gasteiger partial charge in [0, 0.05) is 13.8 Å². The monoisotopic (exact) mass is 586 g/mol. The third kappa shape index (κ3) is 7.05. The first kappa shape index (κ1) is 32.9. The Labute approximate surface area is 228 Å². The van der Waals surface area contributed by atoms with Crippen LogP contribution in [0.15, 0.2) is 0 Å². The van der Waals surface area contributed by atoms with Crippen molar-refractivity contribution in [3.8, 4) is 0 Å². The minimum Gasteiger partial charge on any atom is -0.394 e. The first-order valence-corrected chi connectivity index (χ1v) is 12.6. The average Bonchev–Trinajstić information content (AvgIpc) is 2.90. The Morgan fingerprint density at radius 1 is 0.600 bits per heavy atom. The third-order valence-corrected chi connectivity index (χ3v) is 6.90. The topological polar surface area (TPSA) is 286 Å². The number of rotatable bonds is 9. The fourth-order valence-corrected chi connectivity index (χ4v) is 4.87. The number of nitrogens with one attached hydrogen (secondary N) is 2. The molecular weight excluding hydrogens is 548 g/mol. The van der Waals surface area contributed by atoms with Crippen molar-refractivity contribution in [3.05, 3.63) is 0 Å². The summed E-state index contributed by atoms with van der Waals surface area (Å²) in [6, 6.07) is -2.87. The molecule has 0 aromatic carbocycles. The molecule has 3 heterocycles. The average molecular weight is 587 g/mol. The van der Waals surface area contributed by atoms with E-state index in [2.05, 4.69) is 10.6 Å². The molecule has 0 aliphatic carbocycles. The quantitative estimate of drug-likeness (QED) is 0.120. The van der Waals surface area contributed by atoms with Crippen molar-refractivity contribution in [1.29, 1.82) is 0 Å². The van der Waals surface area contributed by atoms with Crippen LogP contribution in [0.3, 0.4) is 0 Å². The van der Waals surface area contributed by atoms with E-state index < -0.39 is 124 Å². The van der Waals surface area contributed by atoms with Crippen LogP contribution in [0.5, 0.6) is 0 Å². The number of aliphatic hydroxyl groups is 9. The molecule has 40 heavy (non-hydrogen) atoms. The van der Waals surface area contributed by atoms with Crippen molar-refractivity contribution < 1.29 is 79.2 Å². The van der Waals surface area contributed by atoms with Gasteiger partial charge < -0.3 is 80.3 Å². The van der Waals surface area contributed by atoms with Crippen molar-refractivity contribution >= 4 is 11.8 Å². The first-order valence-electron chi connectivity index (χ1n) is 12.6. The number of hydrogen-bond donors (Lipinski definition) is 11. The molecule has 3 saturated heterocycles. The number of amides is 2. The summed E-state index contributed by atoms with van der Waals surface area (Å²) in [4.78, 5) is 23.5. The summed E-state index contributed by atoms with van der Waals surface area (Å²) in [5.74, 6) is -1.30. The van der Waals surface area contributed by atoms with Gasteiger partial charge in [-0.05, 0) is 0 Å². The van der Waals surface area contributed by atoms with Gasteiger partial charge in [-0.3, -0.25) is 9.59 Å². The van der Waals surface area contributed by atoms with Crippen LogP contribution in [0.25, 0.3) is 0 Å². The van der Waals surface area contributed by atoms with Gasteiger partial charge in [-0.1, -0.05) is 0 Å².